The van der Waals surface area contributed by atoms with Crippen LogP contribution in [-0.4, -0.2) is 49.7 Å². The highest BCUT2D eigenvalue weighted by molar-refractivity contribution is 7.90. The molecular weight excluding hydrogens is 368 g/mol. The first kappa shape index (κ1) is 19.1. The Morgan fingerprint density at radius 2 is 2.15 bits per heavy atom. The smallest absolute Gasteiger partial charge is 0.254 e. The van der Waals surface area contributed by atoms with Gasteiger partial charge < -0.3 is 21.7 Å². The fourth-order valence-electron chi connectivity index (χ4n) is 2.93. The van der Waals surface area contributed by atoms with Gasteiger partial charge >= 0.3 is 0 Å². The van der Waals surface area contributed by atoms with Gasteiger partial charge in [-0.25, -0.2) is 13.4 Å². The summed E-state index contributed by atoms with van der Waals surface area (Å²) in [5, 5.41) is 2.98. The van der Waals surface area contributed by atoms with E-state index in [1.807, 2.05) is 4.90 Å². The molecule has 0 saturated carbocycles. The van der Waals surface area contributed by atoms with Crippen LogP contribution < -0.4 is 21.7 Å². The first-order valence-electron chi connectivity index (χ1n) is 8.48. The molecule has 27 heavy (non-hydrogen) atoms. The predicted molar refractivity (Wildman–Crippen MR) is 103 cm³/mol. The number of nitrogens with zero attached hydrogens (tertiary/aromatic N) is 3. The van der Waals surface area contributed by atoms with Gasteiger partial charge in [0, 0.05) is 37.3 Å². The average Bonchev–Trinajstić information content (AvgIpc) is 2.61. The van der Waals surface area contributed by atoms with Crippen LogP contribution in [0.2, 0.25) is 0 Å². The van der Waals surface area contributed by atoms with Gasteiger partial charge in [0.2, 0.25) is 5.95 Å². The van der Waals surface area contributed by atoms with Crippen molar-refractivity contribution in [3.8, 4) is 0 Å². The van der Waals surface area contributed by atoms with Gasteiger partial charge in [-0.15, -0.1) is 0 Å². The SMILES string of the molecule is CS(=O)(=O)c1cccc(Nc2nc(N3CCCC(N)C3)ncc2C(N)=O)c1. The van der Waals surface area contributed by atoms with Crippen molar-refractivity contribution in [3.05, 3.63) is 36.0 Å². The Balaban J connectivity index is 1.95. The highest BCUT2D eigenvalue weighted by Gasteiger charge is 2.21. The maximum Gasteiger partial charge on any atom is 0.254 e. The molecule has 1 amide bonds. The van der Waals surface area contributed by atoms with E-state index < -0.39 is 15.7 Å². The standard InChI is InChI=1S/C17H22N6O3S/c1-27(25,26)13-6-2-5-12(8-13)21-16-14(15(19)24)9-20-17(22-16)23-7-3-4-11(18)10-23/h2,5-6,8-9,11H,3-4,7,10,18H2,1H3,(H2,19,24)(H,20,21,22). The van der Waals surface area contributed by atoms with Crippen molar-refractivity contribution in [2.24, 2.45) is 11.5 Å². The Hall–Kier alpha value is -2.72. The normalized spacial score (nSPS) is 17.6. The van der Waals surface area contributed by atoms with Gasteiger partial charge in [0.25, 0.3) is 5.91 Å². The molecule has 3 rings (SSSR count). The summed E-state index contributed by atoms with van der Waals surface area (Å²) in [5.74, 6) is -0.0205. The summed E-state index contributed by atoms with van der Waals surface area (Å²) < 4.78 is 23.5. The number of nitrogens with one attached hydrogen (secondary N) is 1. The van der Waals surface area contributed by atoms with E-state index in [9.17, 15) is 13.2 Å². The lowest BCUT2D eigenvalue weighted by molar-refractivity contribution is 0.100. The van der Waals surface area contributed by atoms with E-state index in [-0.39, 0.29) is 22.3 Å². The van der Waals surface area contributed by atoms with Gasteiger partial charge in [-0.05, 0) is 31.0 Å². The lowest BCUT2D eigenvalue weighted by Crippen LogP contribution is -2.43. The molecule has 1 aromatic heterocycles. The molecule has 1 unspecified atom stereocenters. The van der Waals surface area contributed by atoms with Crippen molar-refractivity contribution in [1.82, 2.24) is 9.97 Å². The summed E-state index contributed by atoms with van der Waals surface area (Å²) in [4.78, 5) is 22.5. The molecule has 1 atom stereocenters. The van der Waals surface area contributed by atoms with E-state index >= 15 is 0 Å². The molecule has 1 aliphatic rings. The van der Waals surface area contributed by atoms with Crippen molar-refractivity contribution in [3.63, 3.8) is 0 Å². The number of hydrogen-bond donors (Lipinski definition) is 3. The number of rotatable bonds is 5. The first-order valence-corrected chi connectivity index (χ1v) is 10.4. The monoisotopic (exact) mass is 390 g/mol. The van der Waals surface area contributed by atoms with E-state index in [0.29, 0.717) is 18.2 Å². The molecule has 1 saturated heterocycles. The molecule has 2 aromatic rings. The number of nitrogens with two attached hydrogens (primary N) is 2. The van der Waals surface area contributed by atoms with Crippen LogP contribution in [0.5, 0.6) is 0 Å². The van der Waals surface area contributed by atoms with E-state index in [1.165, 1.54) is 18.3 Å². The van der Waals surface area contributed by atoms with Gasteiger partial charge in [0.05, 0.1) is 4.90 Å². The molecule has 0 radical (unpaired) electrons. The predicted octanol–water partition coefficient (Wildman–Crippen LogP) is 0.650. The summed E-state index contributed by atoms with van der Waals surface area (Å²) in [6.07, 6.45) is 4.37. The minimum absolute atomic E-state index is 0.0426. The van der Waals surface area contributed by atoms with Crippen LogP contribution in [0.1, 0.15) is 23.2 Å². The second kappa shape index (κ2) is 7.49. The molecule has 2 heterocycles. The molecule has 1 aromatic carbocycles. The van der Waals surface area contributed by atoms with Crippen LogP contribution in [0.25, 0.3) is 0 Å². The minimum atomic E-state index is -3.36. The van der Waals surface area contributed by atoms with Crippen LogP contribution in [0.4, 0.5) is 17.5 Å². The number of aromatic nitrogens is 2. The Bertz CT molecular complexity index is 963. The fourth-order valence-corrected chi connectivity index (χ4v) is 3.60. The van der Waals surface area contributed by atoms with Gasteiger partial charge in [-0.3, -0.25) is 4.79 Å². The number of carbonyl (C=O) groups excluding carboxylic acids is 1. The summed E-state index contributed by atoms with van der Waals surface area (Å²) in [5.41, 5.74) is 12.0. The number of amides is 1. The average molecular weight is 390 g/mol. The topological polar surface area (TPSA) is 144 Å². The number of sulfone groups is 1. The number of carbonyl (C=O) groups is 1. The van der Waals surface area contributed by atoms with Crippen LogP contribution >= 0.6 is 0 Å². The molecule has 1 aliphatic heterocycles. The number of primary amides is 1. The molecule has 1 fully saturated rings. The number of hydrogen-bond acceptors (Lipinski definition) is 8. The third-order valence-electron chi connectivity index (χ3n) is 4.31. The van der Waals surface area contributed by atoms with E-state index in [1.54, 1.807) is 12.1 Å². The summed E-state index contributed by atoms with van der Waals surface area (Å²) >= 11 is 0. The molecule has 0 bridgehead atoms. The minimum Gasteiger partial charge on any atom is -0.365 e. The summed E-state index contributed by atoms with van der Waals surface area (Å²) in [6, 6.07) is 6.29. The second-order valence-corrected chi connectivity index (χ2v) is 8.59. The molecule has 0 spiro atoms. The first-order chi connectivity index (χ1) is 12.7. The Morgan fingerprint density at radius 3 is 2.81 bits per heavy atom. The Morgan fingerprint density at radius 1 is 1.37 bits per heavy atom. The lowest BCUT2D eigenvalue weighted by Gasteiger charge is -2.31. The fraction of sp³-hybridized carbons (Fsp3) is 0.353. The largest absolute Gasteiger partial charge is 0.365 e. The molecule has 10 heteroatoms. The Labute approximate surface area is 157 Å². The molecule has 9 nitrogen and oxygen atoms in total. The molecule has 0 aliphatic carbocycles. The van der Waals surface area contributed by atoms with Crippen LogP contribution in [0.3, 0.4) is 0 Å². The highest BCUT2D eigenvalue weighted by Crippen LogP contribution is 2.24. The van der Waals surface area contributed by atoms with Crippen LogP contribution in [-0.2, 0) is 9.84 Å². The van der Waals surface area contributed by atoms with Gasteiger partial charge in [0.15, 0.2) is 9.84 Å². The van der Waals surface area contributed by atoms with Crippen molar-refractivity contribution in [2.45, 2.75) is 23.8 Å². The maximum atomic E-state index is 11.8. The lowest BCUT2D eigenvalue weighted by atomic mass is 10.1. The Kier molecular flexibility index (Phi) is 5.29. The number of benzene rings is 1. The zero-order valence-electron chi connectivity index (χ0n) is 14.9. The van der Waals surface area contributed by atoms with E-state index in [4.69, 9.17) is 11.5 Å². The number of piperidine rings is 1. The highest BCUT2D eigenvalue weighted by atomic mass is 32.2. The van der Waals surface area contributed by atoms with Crippen molar-refractivity contribution < 1.29 is 13.2 Å². The van der Waals surface area contributed by atoms with Gasteiger partial charge in [-0.1, -0.05) is 6.07 Å². The molecule has 5 N–H and O–H groups in total. The summed E-state index contributed by atoms with van der Waals surface area (Å²) in [7, 11) is -3.36. The zero-order valence-corrected chi connectivity index (χ0v) is 15.7. The van der Waals surface area contributed by atoms with E-state index in [0.717, 1.165) is 25.6 Å². The van der Waals surface area contributed by atoms with Crippen LogP contribution in [0, 0.1) is 0 Å². The van der Waals surface area contributed by atoms with Gasteiger partial charge in [0.1, 0.15) is 11.4 Å². The van der Waals surface area contributed by atoms with E-state index in [2.05, 4.69) is 15.3 Å². The molecule has 144 valence electrons. The van der Waals surface area contributed by atoms with Gasteiger partial charge in [-0.2, -0.15) is 4.98 Å². The van der Waals surface area contributed by atoms with Crippen molar-refractivity contribution in [1.29, 1.82) is 0 Å². The third kappa shape index (κ3) is 4.52. The third-order valence-corrected chi connectivity index (χ3v) is 5.42. The van der Waals surface area contributed by atoms with Crippen molar-refractivity contribution >= 4 is 33.2 Å². The summed E-state index contributed by atoms with van der Waals surface area (Å²) in [6.45, 7) is 1.39. The number of anilines is 3. The van der Waals surface area contributed by atoms with Crippen LogP contribution in [0.15, 0.2) is 35.4 Å². The van der Waals surface area contributed by atoms with Crippen molar-refractivity contribution in [2.75, 3.05) is 29.6 Å². The second-order valence-electron chi connectivity index (χ2n) is 6.57. The zero-order chi connectivity index (χ0) is 19.6. The maximum absolute atomic E-state index is 11.8. The quantitative estimate of drug-likeness (QED) is 0.675. The molecular formula is C17H22N6O3S.